The lowest BCUT2D eigenvalue weighted by atomic mass is 9.90. The largest absolute Gasteiger partial charge is 0.394 e. The van der Waals surface area contributed by atoms with E-state index < -0.39 is 0 Å². The van der Waals surface area contributed by atoms with Gasteiger partial charge in [-0.25, -0.2) is 0 Å². The second-order valence-electron chi connectivity index (χ2n) is 6.62. The van der Waals surface area contributed by atoms with E-state index in [2.05, 4.69) is 37.8 Å². The van der Waals surface area contributed by atoms with Crippen LogP contribution >= 0.6 is 0 Å². The predicted octanol–water partition coefficient (Wildman–Crippen LogP) is 3.69. The number of rotatable bonds is 6. The Morgan fingerprint density at radius 1 is 1.17 bits per heavy atom. The quantitative estimate of drug-likeness (QED) is 0.410. The van der Waals surface area contributed by atoms with Crippen molar-refractivity contribution in [1.82, 2.24) is 4.90 Å². The highest BCUT2D eigenvalue weighted by Crippen LogP contribution is 2.20. The molecule has 0 atom stereocenters. The molecule has 0 aromatic rings. The summed E-state index contributed by atoms with van der Waals surface area (Å²) in [5.74, 6) is 0. The molecule has 1 aliphatic rings. The van der Waals surface area contributed by atoms with Crippen LogP contribution in [0.25, 0.3) is 0 Å². The van der Waals surface area contributed by atoms with Crippen molar-refractivity contribution in [2.75, 3.05) is 26.2 Å². The molecular formula is C15H30N2O. The van der Waals surface area contributed by atoms with Gasteiger partial charge in [-0.15, -0.1) is 0 Å². The van der Waals surface area contributed by atoms with E-state index in [1.54, 1.807) is 0 Å². The van der Waals surface area contributed by atoms with E-state index in [0.717, 1.165) is 31.7 Å². The molecule has 1 fully saturated rings. The number of hydrogen-bond donors (Lipinski definition) is 0. The molecule has 3 nitrogen and oxygen atoms in total. The topological polar surface area (TPSA) is 24.8 Å². The number of likely N-dealkylation sites (tertiary alicyclic amines) is 1. The first-order valence-electron chi connectivity index (χ1n) is 7.35. The Labute approximate surface area is 113 Å². The predicted molar refractivity (Wildman–Crippen MR) is 78.0 cm³/mol. The van der Waals surface area contributed by atoms with Crippen molar-refractivity contribution in [2.24, 2.45) is 10.6 Å². The first-order valence-corrected chi connectivity index (χ1v) is 7.35. The molecule has 0 spiro atoms. The summed E-state index contributed by atoms with van der Waals surface area (Å²) in [6.07, 6.45) is 6.27. The molecule has 1 aliphatic heterocycles. The first kappa shape index (κ1) is 15.5. The van der Waals surface area contributed by atoms with E-state index in [9.17, 15) is 0 Å². The lowest BCUT2D eigenvalue weighted by Gasteiger charge is -2.25. The maximum Gasteiger partial charge on any atom is 0.129 e. The minimum absolute atomic E-state index is 0.380. The molecule has 0 aliphatic carbocycles. The Bertz CT molecular complexity index is 250. The van der Waals surface area contributed by atoms with Crippen molar-refractivity contribution >= 4 is 5.71 Å². The van der Waals surface area contributed by atoms with E-state index >= 15 is 0 Å². The van der Waals surface area contributed by atoms with Gasteiger partial charge in [-0.3, -0.25) is 4.90 Å². The summed E-state index contributed by atoms with van der Waals surface area (Å²) in [7, 11) is 0. The van der Waals surface area contributed by atoms with Crippen LogP contribution in [0, 0.1) is 5.41 Å². The van der Waals surface area contributed by atoms with Crippen LogP contribution in [0.15, 0.2) is 5.16 Å². The molecule has 1 heterocycles. The van der Waals surface area contributed by atoms with Crippen molar-refractivity contribution < 1.29 is 4.84 Å². The highest BCUT2D eigenvalue weighted by Gasteiger charge is 2.11. The molecular weight excluding hydrogens is 224 g/mol. The van der Waals surface area contributed by atoms with E-state index in [1.807, 2.05) is 0 Å². The first-order chi connectivity index (χ1) is 8.47. The summed E-state index contributed by atoms with van der Waals surface area (Å²) in [5.41, 5.74) is 1.49. The van der Waals surface area contributed by atoms with Gasteiger partial charge in [0.15, 0.2) is 0 Å². The molecule has 0 unspecified atom stereocenters. The Morgan fingerprint density at radius 2 is 1.83 bits per heavy atom. The molecule has 0 saturated carbocycles. The van der Waals surface area contributed by atoms with Gasteiger partial charge in [-0.1, -0.05) is 32.3 Å². The lowest BCUT2D eigenvalue weighted by Crippen LogP contribution is -2.32. The SMILES string of the molecule is C/C(CCC(C)(C)C)=N/OCCN1CCCCC1. The zero-order chi connectivity index (χ0) is 13.4. The van der Waals surface area contributed by atoms with Crippen molar-refractivity contribution in [3.8, 4) is 0 Å². The Kier molecular flexibility index (Phi) is 6.69. The summed E-state index contributed by atoms with van der Waals surface area (Å²) in [4.78, 5) is 7.89. The van der Waals surface area contributed by atoms with Gasteiger partial charge in [0.2, 0.25) is 0 Å². The number of nitrogens with zero attached hydrogens (tertiary/aromatic N) is 2. The van der Waals surface area contributed by atoms with Gasteiger partial charge >= 0.3 is 0 Å². The Balaban J connectivity index is 2.07. The van der Waals surface area contributed by atoms with Crippen LogP contribution in [0.3, 0.4) is 0 Å². The average Bonchev–Trinajstić information content (AvgIpc) is 2.33. The van der Waals surface area contributed by atoms with Crippen LogP contribution in [0.4, 0.5) is 0 Å². The number of piperidine rings is 1. The van der Waals surface area contributed by atoms with Gasteiger partial charge in [0.05, 0.1) is 5.71 Å². The standard InChI is InChI=1S/C15H30N2O/c1-14(8-9-15(2,3)4)16-18-13-12-17-10-6-5-7-11-17/h5-13H2,1-4H3/b16-14-. The maximum atomic E-state index is 5.41. The molecule has 106 valence electrons. The fourth-order valence-electron chi connectivity index (χ4n) is 2.11. The summed E-state index contributed by atoms with van der Waals surface area (Å²) in [6, 6.07) is 0. The van der Waals surface area contributed by atoms with Gasteiger partial charge in [0.1, 0.15) is 6.61 Å². The second-order valence-corrected chi connectivity index (χ2v) is 6.62. The van der Waals surface area contributed by atoms with Crippen LogP contribution < -0.4 is 0 Å². The monoisotopic (exact) mass is 254 g/mol. The minimum atomic E-state index is 0.380. The molecule has 1 rings (SSSR count). The normalized spacial score (nSPS) is 19.0. The molecule has 0 N–H and O–H groups in total. The number of hydrogen-bond acceptors (Lipinski definition) is 3. The zero-order valence-electron chi connectivity index (χ0n) is 12.7. The van der Waals surface area contributed by atoms with E-state index in [4.69, 9.17) is 4.84 Å². The van der Waals surface area contributed by atoms with Gasteiger partial charge in [-0.2, -0.15) is 0 Å². The van der Waals surface area contributed by atoms with Crippen molar-refractivity contribution in [1.29, 1.82) is 0 Å². The van der Waals surface area contributed by atoms with E-state index in [-0.39, 0.29) is 0 Å². The van der Waals surface area contributed by atoms with Crippen molar-refractivity contribution in [3.63, 3.8) is 0 Å². The van der Waals surface area contributed by atoms with Gasteiger partial charge in [0, 0.05) is 6.54 Å². The third-order valence-electron chi connectivity index (χ3n) is 3.40. The van der Waals surface area contributed by atoms with Crippen molar-refractivity contribution in [3.05, 3.63) is 0 Å². The van der Waals surface area contributed by atoms with Crippen LogP contribution in [0.2, 0.25) is 0 Å². The fourth-order valence-corrected chi connectivity index (χ4v) is 2.11. The highest BCUT2D eigenvalue weighted by molar-refractivity contribution is 5.81. The zero-order valence-corrected chi connectivity index (χ0v) is 12.7. The summed E-state index contributed by atoms with van der Waals surface area (Å²) >= 11 is 0. The summed E-state index contributed by atoms with van der Waals surface area (Å²) in [5, 5.41) is 4.20. The molecule has 18 heavy (non-hydrogen) atoms. The smallest absolute Gasteiger partial charge is 0.129 e. The molecule has 0 radical (unpaired) electrons. The third-order valence-corrected chi connectivity index (χ3v) is 3.40. The van der Waals surface area contributed by atoms with Gasteiger partial charge in [0.25, 0.3) is 0 Å². The molecule has 0 aromatic carbocycles. The summed E-state index contributed by atoms with van der Waals surface area (Å²) in [6.45, 7) is 13.1. The average molecular weight is 254 g/mol. The third kappa shape index (κ3) is 7.70. The van der Waals surface area contributed by atoms with E-state index in [0.29, 0.717) is 5.41 Å². The summed E-state index contributed by atoms with van der Waals surface area (Å²) < 4.78 is 0. The lowest BCUT2D eigenvalue weighted by molar-refractivity contribution is 0.102. The van der Waals surface area contributed by atoms with Gasteiger partial charge in [-0.05, 0) is 51.1 Å². The van der Waals surface area contributed by atoms with E-state index in [1.165, 1.54) is 32.4 Å². The second kappa shape index (κ2) is 7.78. The van der Waals surface area contributed by atoms with Gasteiger partial charge < -0.3 is 4.84 Å². The van der Waals surface area contributed by atoms with Crippen LogP contribution in [0.5, 0.6) is 0 Å². The van der Waals surface area contributed by atoms with Crippen LogP contribution in [0.1, 0.15) is 59.8 Å². The molecule has 1 saturated heterocycles. The Hall–Kier alpha value is -0.570. The molecule has 3 heteroatoms. The maximum absolute atomic E-state index is 5.41. The Morgan fingerprint density at radius 3 is 2.44 bits per heavy atom. The minimum Gasteiger partial charge on any atom is -0.394 e. The molecule has 0 amide bonds. The number of oxime groups is 1. The molecule has 0 aromatic heterocycles. The fraction of sp³-hybridized carbons (Fsp3) is 0.933. The van der Waals surface area contributed by atoms with Crippen LogP contribution in [-0.2, 0) is 4.84 Å². The highest BCUT2D eigenvalue weighted by atomic mass is 16.6. The van der Waals surface area contributed by atoms with Crippen LogP contribution in [-0.4, -0.2) is 36.9 Å². The molecule has 0 bridgehead atoms. The van der Waals surface area contributed by atoms with Crippen molar-refractivity contribution in [2.45, 2.75) is 59.8 Å².